The lowest BCUT2D eigenvalue weighted by molar-refractivity contribution is -0.121. The number of halogens is 1. The number of piperidine rings is 1. The number of benzene rings is 1. The SMILES string of the molecule is N#CCN1CC[C@@]2(O)CCCC[C@H]2[C@@H]1c1ccc(F)cc1. The summed E-state index contributed by atoms with van der Waals surface area (Å²) in [5, 5.41) is 20.1. The van der Waals surface area contributed by atoms with E-state index in [4.69, 9.17) is 5.26 Å². The highest BCUT2D eigenvalue weighted by Gasteiger charge is 2.48. The second-order valence-corrected chi connectivity index (χ2v) is 6.33. The summed E-state index contributed by atoms with van der Waals surface area (Å²) < 4.78 is 13.2. The molecular formula is C17H21FN2O. The largest absolute Gasteiger partial charge is 0.389 e. The Kier molecular flexibility index (Phi) is 3.97. The third kappa shape index (κ3) is 2.68. The van der Waals surface area contributed by atoms with Gasteiger partial charge in [-0.3, -0.25) is 4.90 Å². The number of likely N-dealkylation sites (tertiary alicyclic amines) is 1. The number of nitriles is 1. The second-order valence-electron chi connectivity index (χ2n) is 6.33. The van der Waals surface area contributed by atoms with Crippen molar-refractivity contribution in [1.82, 2.24) is 4.90 Å². The summed E-state index contributed by atoms with van der Waals surface area (Å²) in [5.41, 5.74) is 0.389. The van der Waals surface area contributed by atoms with E-state index in [0.29, 0.717) is 6.54 Å². The molecule has 3 atom stereocenters. The molecule has 0 radical (unpaired) electrons. The molecule has 1 saturated carbocycles. The molecule has 1 saturated heterocycles. The van der Waals surface area contributed by atoms with Gasteiger partial charge in [0.1, 0.15) is 5.82 Å². The molecule has 0 aromatic heterocycles. The van der Waals surface area contributed by atoms with Gasteiger partial charge in [-0.2, -0.15) is 5.26 Å². The van der Waals surface area contributed by atoms with E-state index in [1.165, 1.54) is 12.1 Å². The van der Waals surface area contributed by atoms with Gasteiger partial charge in [0.2, 0.25) is 0 Å². The molecule has 4 heteroatoms. The summed E-state index contributed by atoms with van der Waals surface area (Å²) in [6.07, 6.45) is 4.74. The zero-order valence-corrected chi connectivity index (χ0v) is 12.1. The van der Waals surface area contributed by atoms with Crippen LogP contribution in [0.4, 0.5) is 4.39 Å². The number of fused-ring (bicyclic) bond motifs is 1. The molecule has 1 heterocycles. The van der Waals surface area contributed by atoms with Gasteiger partial charge >= 0.3 is 0 Å². The predicted octanol–water partition coefficient (Wildman–Crippen LogP) is 3.02. The first-order valence-corrected chi connectivity index (χ1v) is 7.73. The van der Waals surface area contributed by atoms with Crippen molar-refractivity contribution in [2.75, 3.05) is 13.1 Å². The molecule has 3 rings (SSSR count). The van der Waals surface area contributed by atoms with Crippen molar-refractivity contribution in [3.63, 3.8) is 0 Å². The minimum Gasteiger partial charge on any atom is -0.389 e. The summed E-state index contributed by atoms with van der Waals surface area (Å²) in [7, 11) is 0. The first-order valence-electron chi connectivity index (χ1n) is 7.73. The Morgan fingerprint density at radius 3 is 2.76 bits per heavy atom. The van der Waals surface area contributed by atoms with Crippen molar-refractivity contribution in [2.45, 2.75) is 43.7 Å². The fourth-order valence-electron chi connectivity index (χ4n) is 4.11. The van der Waals surface area contributed by atoms with Crippen LogP contribution in [0.5, 0.6) is 0 Å². The van der Waals surface area contributed by atoms with Crippen LogP contribution in [0.2, 0.25) is 0 Å². The van der Waals surface area contributed by atoms with Crippen molar-refractivity contribution < 1.29 is 9.50 Å². The molecule has 21 heavy (non-hydrogen) atoms. The fourth-order valence-corrected chi connectivity index (χ4v) is 4.11. The summed E-state index contributed by atoms with van der Waals surface area (Å²) in [6.45, 7) is 1.08. The van der Waals surface area contributed by atoms with Gasteiger partial charge in [0.25, 0.3) is 0 Å². The predicted molar refractivity (Wildman–Crippen MR) is 77.9 cm³/mol. The number of hydrogen-bond acceptors (Lipinski definition) is 3. The molecule has 0 amide bonds. The van der Waals surface area contributed by atoms with Crippen LogP contribution in [0.25, 0.3) is 0 Å². The zero-order valence-electron chi connectivity index (χ0n) is 12.1. The van der Waals surface area contributed by atoms with Crippen molar-refractivity contribution in [3.05, 3.63) is 35.6 Å². The fraction of sp³-hybridized carbons (Fsp3) is 0.588. The maximum atomic E-state index is 13.2. The minimum absolute atomic E-state index is 0.0179. The van der Waals surface area contributed by atoms with E-state index in [9.17, 15) is 9.50 Å². The molecule has 1 aromatic rings. The average molecular weight is 288 g/mol. The van der Waals surface area contributed by atoms with E-state index in [0.717, 1.165) is 44.2 Å². The standard InChI is InChI=1S/C17H21FN2O/c18-14-6-4-13(5-7-14)16-15-3-1-2-8-17(15,21)9-11-20(16)12-10-19/h4-7,15-16,21H,1-3,8-9,11-12H2/t15-,16-,17-/m0/s1. The highest BCUT2D eigenvalue weighted by atomic mass is 19.1. The molecule has 2 aliphatic rings. The summed E-state index contributed by atoms with van der Waals surface area (Å²) >= 11 is 0. The number of aliphatic hydroxyl groups is 1. The van der Waals surface area contributed by atoms with E-state index in [1.54, 1.807) is 12.1 Å². The average Bonchev–Trinajstić information content (AvgIpc) is 2.49. The lowest BCUT2D eigenvalue weighted by atomic mass is 9.66. The molecule has 1 N–H and O–H groups in total. The minimum atomic E-state index is -0.622. The van der Waals surface area contributed by atoms with Crippen LogP contribution in [-0.4, -0.2) is 28.7 Å². The molecule has 3 nitrogen and oxygen atoms in total. The molecule has 112 valence electrons. The van der Waals surface area contributed by atoms with E-state index in [1.807, 2.05) is 0 Å². The Hall–Kier alpha value is -1.44. The van der Waals surface area contributed by atoms with Gasteiger partial charge in [-0.25, -0.2) is 4.39 Å². The van der Waals surface area contributed by atoms with Crippen LogP contribution < -0.4 is 0 Å². The summed E-state index contributed by atoms with van der Waals surface area (Å²) in [4.78, 5) is 2.14. The van der Waals surface area contributed by atoms with E-state index in [-0.39, 0.29) is 17.8 Å². The summed E-state index contributed by atoms with van der Waals surface area (Å²) in [5.74, 6) is -0.112. The van der Waals surface area contributed by atoms with Crippen molar-refractivity contribution in [3.8, 4) is 6.07 Å². The Balaban J connectivity index is 1.96. The molecule has 0 spiro atoms. The van der Waals surface area contributed by atoms with Gasteiger partial charge in [0.05, 0.1) is 18.2 Å². The normalized spacial score (nSPS) is 33.2. The zero-order chi connectivity index (χ0) is 14.9. The monoisotopic (exact) mass is 288 g/mol. The van der Waals surface area contributed by atoms with Crippen LogP contribution in [0.3, 0.4) is 0 Å². The molecule has 1 aliphatic carbocycles. The van der Waals surface area contributed by atoms with Gasteiger partial charge in [0, 0.05) is 18.5 Å². The Morgan fingerprint density at radius 1 is 1.29 bits per heavy atom. The van der Waals surface area contributed by atoms with E-state index < -0.39 is 5.60 Å². The Labute approximate surface area is 125 Å². The lowest BCUT2D eigenvalue weighted by Gasteiger charge is -2.52. The molecule has 1 aliphatic heterocycles. The van der Waals surface area contributed by atoms with Gasteiger partial charge < -0.3 is 5.11 Å². The van der Waals surface area contributed by atoms with Crippen molar-refractivity contribution >= 4 is 0 Å². The molecule has 1 aromatic carbocycles. The molecule has 2 fully saturated rings. The van der Waals surface area contributed by atoms with E-state index >= 15 is 0 Å². The Bertz CT molecular complexity index is 539. The first-order chi connectivity index (χ1) is 10.1. The van der Waals surface area contributed by atoms with Crippen molar-refractivity contribution in [2.24, 2.45) is 5.92 Å². The van der Waals surface area contributed by atoms with Gasteiger partial charge in [-0.05, 0) is 37.0 Å². The van der Waals surface area contributed by atoms with Gasteiger partial charge in [-0.15, -0.1) is 0 Å². The topological polar surface area (TPSA) is 47.3 Å². The van der Waals surface area contributed by atoms with Crippen LogP contribution in [0, 0.1) is 23.1 Å². The lowest BCUT2D eigenvalue weighted by Crippen LogP contribution is -2.54. The first kappa shape index (κ1) is 14.5. The van der Waals surface area contributed by atoms with Crippen LogP contribution in [0.1, 0.15) is 43.7 Å². The van der Waals surface area contributed by atoms with E-state index in [2.05, 4.69) is 11.0 Å². The smallest absolute Gasteiger partial charge is 0.123 e. The molecule has 0 bridgehead atoms. The second kappa shape index (κ2) is 5.75. The maximum Gasteiger partial charge on any atom is 0.123 e. The highest BCUT2D eigenvalue weighted by Crippen LogP contribution is 2.49. The molecular weight excluding hydrogens is 267 g/mol. The van der Waals surface area contributed by atoms with Gasteiger partial charge in [0.15, 0.2) is 0 Å². The van der Waals surface area contributed by atoms with Crippen LogP contribution >= 0.6 is 0 Å². The quantitative estimate of drug-likeness (QED) is 0.851. The summed E-state index contributed by atoms with van der Waals surface area (Å²) in [6, 6.07) is 8.77. The van der Waals surface area contributed by atoms with Crippen LogP contribution in [-0.2, 0) is 0 Å². The number of nitrogens with zero attached hydrogens (tertiary/aromatic N) is 2. The van der Waals surface area contributed by atoms with Crippen LogP contribution in [0.15, 0.2) is 24.3 Å². The third-order valence-electron chi connectivity index (χ3n) is 5.16. The van der Waals surface area contributed by atoms with Gasteiger partial charge in [-0.1, -0.05) is 25.0 Å². The van der Waals surface area contributed by atoms with Crippen molar-refractivity contribution in [1.29, 1.82) is 5.26 Å². The molecule has 0 unspecified atom stereocenters. The maximum absolute atomic E-state index is 13.2. The number of hydrogen-bond donors (Lipinski definition) is 1. The Morgan fingerprint density at radius 2 is 2.05 bits per heavy atom. The highest BCUT2D eigenvalue weighted by molar-refractivity contribution is 5.24. The third-order valence-corrected chi connectivity index (χ3v) is 5.16. The number of rotatable bonds is 2.